The number of aliphatic hydroxyl groups is 1. The van der Waals surface area contributed by atoms with Gasteiger partial charge in [0.15, 0.2) is 0 Å². The number of thiophene rings is 1. The lowest BCUT2D eigenvalue weighted by Gasteiger charge is -2.17. The van der Waals surface area contributed by atoms with Crippen LogP contribution in [0.4, 0.5) is 0 Å². The summed E-state index contributed by atoms with van der Waals surface area (Å²) in [6.45, 7) is 0.741. The molecule has 0 saturated carbocycles. The van der Waals surface area contributed by atoms with Crippen LogP contribution in [0.5, 0.6) is 0 Å². The highest BCUT2D eigenvalue weighted by Gasteiger charge is 2.19. The molecule has 1 unspecified atom stereocenters. The van der Waals surface area contributed by atoms with Crippen molar-refractivity contribution in [3.05, 3.63) is 31.6 Å². The van der Waals surface area contributed by atoms with Crippen LogP contribution in [0.1, 0.15) is 23.8 Å². The summed E-state index contributed by atoms with van der Waals surface area (Å²) in [6.07, 6.45) is 2.92. The van der Waals surface area contributed by atoms with Gasteiger partial charge in [0.05, 0.1) is 12.9 Å². The standard InChI is InChI=1S/C10H10BrClO2S/c11-7-4-8(15-10(7)12)9(13)6-2-1-3-14-5-6/h4-5,9,13H,1-3H2. The Morgan fingerprint density at radius 3 is 2.93 bits per heavy atom. The quantitative estimate of drug-likeness (QED) is 0.898. The van der Waals surface area contributed by atoms with Gasteiger partial charge in [-0.25, -0.2) is 0 Å². The molecule has 1 atom stereocenters. The Morgan fingerprint density at radius 1 is 1.60 bits per heavy atom. The van der Waals surface area contributed by atoms with E-state index in [9.17, 15) is 5.11 Å². The molecule has 1 N–H and O–H groups in total. The fraction of sp³-hybridized carbons (Fsp3) is 0.400. The van der Waals surface area contributed by atoms with Crippen LogP contribution in [-0.4, -0.2) is 11.7 Å². The Hall–Kier alpha value is -0.0300. The van der Waals surface area contributed by atoms with E-state index in [2.05, 4.69) is 15.9 Å². The van der Waals surface area contributed by atoms with Crippen LogP contribution in [-0.2, 0) is 4.74 Å². The van der Waals surface area contributed by atoms with Gasteiger partial charge in [0.1, 0.15) is 10.4 Å². The second-order valence-corrected chi connectivity index (χ2v) is 5.88. The van der Waals surface area contributed by atoms with Crippen molar-refractivity contribution >= 4 is 38.9 Å². The molecular formula is C10H10BrClO2S. The van der Waals surface area contributed by atoms with Gasteiger partial charge in [0, 0.05) is 9.35 Å². The number of halogens is 2. The summed E-state index contributed by atoms with van der Waals surface area (Å²) in [5.41, 5.74) is 0.923. The van der Waals surface area contributed by atoms with Crippen LogP contribution in [0.2, 0.25) is 4.34 Å². The van der Waals surface area contributed by atoms with Gasteiger partial charge in [-0.15, -0.1) is 11.3 Å². The minimum absolute atomic E-state index is 0.584. The average Bonchev–Trinajstić information content (AvgIpc) is 2.59. The molecule has 0 bridgehead atoms. The minimum Gasteiger partial charge on any atom is -0.501 e. The monoisotopic (exact) mass is 308 g/mol. The fourth-order valence-electron chi connectivity index (χ4n) is 1.47. The predicted octanol–water partition coefficient (Wildman–Crippen LogP) is 3.89. The van der Waals surface area contributed by atoms with Gasteiger partial charge in [-0.3, -0.25) is 0 Å². The molecule has 1 aromatic heterocycles. The third-order valence-corrected chi connectivity index (χ3v) is 4.77. The Kier molecular flexibility index (Phi) is 3.72. The third kappa shape index (κ3) is 2.56. The van der Waals surface area contributed by atoms with Crippen molar-refractivity contribution in [2.24, 2.45) is 0 Å². The number of aliphatic hydroxyl groups excluding tert-OH is 1. The van der Waals surface area contributed by atoms with E-state index < -0.39 is 6.10 Å². The number of ether oxygens (including phenoxy) is 1. The summed E-state index contributed by atoms with van der Waals surface area (Å²) in [5, 5.41) is 10.1. The lowest BCUT2D eigenvalue weighted by molar-refractivity contribution is 0.172. The largest absolute Gasteiger partial charge is 0.501 e. The summed E-state index contributed by atoms with van der Waals surface area (Å²) < 4.78 is 6.70. The van der Waals surface area contributed by atoms with Crippen molar-refractivity contribution in [2.75, 3.05) is 6.61 Å². The molecule has 1 aromatic rings. The number of hydrogen-bond donors (Lipinski definition) is 1. The molecule has 0 amide bonds. The SMILES string of the molecule is OC(C1=COCCC1)c1cc(Br)c(Cl)s1. The Labute approximate surface area is 106 Å². The molecule has 1 aliphatic rings. The molecule has 1 aliphatic heterocycles. The molecule has 2 heterocycles. The van der Waals surface area contributed by atoms with E-state index in [-0.39, 0.29) is 0 Å². The molecule has 0 saturated heterocycles. The molecule has 0 spiro atoms. The predicted molar refractivity (Wildman–Crippen MR) is 65.3 cm³/mol. The highest BCUT2D eigenvalue weighted by Crippen LogP contribution is 2.38. The Bertz CT molecular complexity index is 369. The molecule has 82 valence electrons. The highest BCUT2D eigenvalue weighted by atomic mass is 79.9. The summed E-state index contributed by atoms with van der Waals surface area (Å²) in [4.78, 5) is 0.851. The highest BCUT2D eigenvalue weighted by molar-refractivity contribution is 9.10. The summed E-state index contributed by atoms with van der Waals surface area (Å²) in [5.74, 6) is 0. The molecule has 0 radical (unpaired) electrons. The first-order valence-electron chi connectivity index (χ1n) is 4.62. The maximum Gasteiger partial charge on any atom is 0.113 e. The van der Waals surface area contributed by atoms with Crippen LogP contribution >= 0.6 is 38.9 Å². The zero-order valence-electron chi connectivity index (χ0n) is 7.87. The normalized spacial score (nSPS) is 18.2. The summed E-state index contributed by atoms with van der Waals surface area (Å²) in [7, 11) is 0. The molecule has 2 nitrogen and oxygen atoms in total. The molecule has 0 aromatic carbocycles. The van der Waals surface area contributed by atoms with Crippen LogP contribution in [0.15, 0.2) is 22.4 Å². The first kappa shape index (κ1) is 11.5. The molecule has 5 heteroatoms. The van der Waals surface area contributed by atoms with Gasteiger partial charge in [0.2, 0.25) is 0 Å². The van der Waals surface area contributed by atoms with Crippen molar-refractivity contribution in [3.63, 3.8) is 0 Å². The smallest absolute Gasteiger partial charge is 0.113 e. The van der Waals surface area contributed by atoms with Crippen LogP contribution in [0, 0.1) is 0 Å². The van der Waals surface area contributed by atoms with E-state index >= 15 is 0 Å². The maximum absolute atomic E-state index is 10.1. The van der Waals surface area contributed by atoms with E-state index in [4.69, 9.17) is 16.3 Å². The van der Waals surface area contributed by atoms with Crippen LogP contribution in [0.25, 0.3) is 0 Å². The van der Waals surface area contributed by atoms with Crippen molar-refractivity contribution < 1.29 is 9.84 Å². The molecule has 0 fully saturated rings. The number of hydrogen-bond acceptors (Lipinski definition) is 3. The van der Waals surface area contributed by atoms with Crippen molar-refractivity contribution in [3.8, 4) is 0 Å². The fourth-order valence-corrected chi connectivity index (χ4v) is 3.23. The van der Waals surface area contributed by atoms with E-state index in [0.717, 1.165) is 34.4 Å². The lowest BCUT2D eigenvalue weighted by atomic mass is 10.0. The first-order chi connectivity index (χ1) is 7.18. The summed E-state index contributed by atoms with van der Waals surface area (Å²) in [6, 6.07) is 1.85. The Balaban J connectivity index is 2.19. The van der Waals surface area contributed by atoms with Gasteiger partial charge in [-0.05, 0) is 40.4 Å². The molecule has 15 heavy (non-hydrogen) atoms. The van der Waals surface area contributed by atoms with E-state index in [1.807, 2.05) is 6.07 Å². The zero-order valence-corrected chi connectivity index (χ0v) is 11.0. The third-order valence-electron chi connectivity index (χ3n) is 2.25. The van der Waals surface area contributed by atoms with Crippen molar-refractivity contribution in [2.45, 2.75) is 18.9 Å². The lowest BCUT2D eigenvalue weighted by Crippen LogP contribution is -2.06. The topological polar surface area (TPSA) is 29.5 Å². The van der Waals surface area contributed by atoms with E-state index in [0.29, 0.717) is 4.34 Å². The van der Waals surface area contributed by atoms with E-state index in [1.165, 1.54) is 11.3 Å². The zero-order chi connectivity index (χ0) is 10.8. The molecular weight excluding hydrogens is 300 g/mol. The molecule has 0 aliphatic carbocycles. The van der Waals surface area contributed by atoms with Crippen molar-refractivity contribution in [1.29, 1.82) is 0 Å². The maximum atomic E-state index is 10.1. The van der Waals surface area contributed by atoms with Gasteiger partial charge in [-0.2, -0.15) is 0 Å². The average molecular weight is 310 g/mol. The van der Waals surface area contributed by atoms with Crippen LogP contribution < -0.4 is 0 Å². The van der Waals surface area contributed by atoms with E-state index in [1.54, 1.807) is 6.26 Å². The van der Waals surface area contributed by atoms with Gasteiger partial charge >= 0.3 is 0 Å². The first-order valence-corrected chi connectivity index (χ1v) is 6.60. The summed E-state index contributed by atoms with van der Waals surface area (Å²) >= 11 is 10.6. The second kappa shape index (κ2) is 4.87. The number of rotatable bonds is 2. The van der Waals surface area contributed by atoms with Gasteiger partial charge in [-0.1, -0.05) is 11.6 Å². The minimum atomic E-state index is -0.584. The van der Waals surface area contributed by atoms with Crippen molar-refractivity contribution in [1.82, 2.24) is 0 Å². The Morgan fingerprint density at radius 2 is 2.40 bits per heavy atom. The molecule has 2 rings (SSSR count). The second-order valence-electron chi connectivity index (χ2n) is 3.34. The van der Waals surface area contributed by atoms with Crippen LogP contribution in [0.3, 0.4) is 0 Å². The van der Waals surface area contributed by atoms with Gasteiger partial charge < -0.3 is 9.84 Å². The van der Waals surface area contributed by atoms with Gasteiger partial charge in [0.25, 0.3) is 0 Å².